The largest absolute Gasteiger partial charge is 0.495 e. The minimum absolute atomic E-state index is 0.173. The maximum absolute atomic E-state index is 6.01. The smallest absolute Gasteiger partial charge is 0.221 e. The van der Waals surface area contributed by atoms with Gasteiger partial charge >= 0.3 is 0 Å². The van der Waals surface area contributed by atoms with E-state index in [1.807, 2.05) is 0 Å². The van der Waals surface area contributed by atoms with Gasteiger partial charge in [0.25, 0.3) is 0 Å². The Morgan fingerprint density at radius 3 is 2.38 bits per heavy atom. The van der Waals surface area contributed by atoms with Gasteiger partial charge in [0.2, 0.25) is 5.95 Å². The van der Waals surface area contributed by atoms with Crippen molar-refractivity contribution in [1.82, 2.24) is 9.97 Å². The van der Waals surface area contributed by atoms with Crippen molar-refractivity contribution in [3.63, 3.8) is 0 Å². The van der Waals surface area contributed by atoms with Crippen molar-refractivity contribution in [3.8, 4) is 17.2 Å². The second kappa shape index (κ2) is 8.02. The van der Waals surface area contributed by atoms with Crippen LogP contribution < -0.4 is 16.2 Å². The Morgan fingerprint density at radius 1 is 1.15 bits per heavy atom. The monoisotopic (exact) mass is 386 g/mol. The van der Waals surface area contributed by atoms with E-state index in [0.717, 1.165) is 21.1 Å². The molecule has 0 fully saturated rings. The first-order valence-corrected chi connectivity index (χ1v) is 12.7. The molecule has 1 aromatic carbocycles. The molecule has 0 unspecified atom stereocenters. The molecule has 4 N–H and O–H groups in total. The molecule has 0 aliphatic rings. The Bertz CT molecular complexity index is 866. The van der Waals surface area contributed by atoms with Gasteiger partial charge < -0.3 is 16.2 Å². The molecule has 7 heteroatoms. The quantitative estimate of drug-likeness (QED) is 0.606. The van der Waals surface area contributed by atoms with Crippen LogP contribution in [0, 0.1) is 11.5 Å². The number of aromatic nitrogens is 2. The van der Waals surface area contributed by atoms with Crippen molar-refractivity contribution < 1.29 is 4.74 Å². The highest BCUT2D eigenvalue weighted by Crippen LogP contribution is 2.39. The zero-order valence-corrected chi connectivity index (χ0v) is 18.0. The molecule has 1 heterocycles. The fraction of sp³-hybridized carbons (Fsp3) is 0.368. The van der Waals surface area contributed by atoms with Gasteiger partial charge in [-0.25, -0.2) is 4.98 Å². The Hall–Kier alpha value is -2.17. The van der Waals surface area contributed by atoms with E-state index in [-0.39, 0.29) is 5.95 Å². The molecule has 138 valence electrons. The highest BCUT2D eigenvalue weighted by atomic mass is 32.2. The molecular formula is C19H26N4OSSi. The van der Waals surface area contributed by atoms with Crippen molar-refractivity contribution in [2.75, 3.05) is 18.6 Å². The number of methoxy groups -OCH3 is 1. The van der Waals surface area contributed by atoms with Crippen LogP contribution in [0.2, 0.25) is 19.6 Å². The summed E-state index contributed by atoms with van der Waals surface area (Å²) in [6, 6.07) is 4.14. The summed E-state index contributed by atoms with van der Waals surface area (Å²) in [6.45, 7) is 11.0. The number of rotatable bonds is 4. The summed E-state index contributed by atoms with van der Waals surface area (Å²) in [6.07, 6.45) is 1.66. The van der Waals surface area contributed by atoms with Crippen LogP contribution in [0.5, 0.6) is 5.75 Å². The van der Waals surface area contributed by atoms with E-state index in [2.05, 4.69) is 67.1 Å². The molecule has 1 aromatic heterocycles. The number of hydrogen-bond acceptors (Lipinski definition) is 6. The molecule has 26 heavy (non-hydrogen) atoms. The normalized spacial score (nSPS) is 11.2. The lowest BCUT2D eigenvalue weighted by molar-refractivity contribution is 0.412. The summed E-state index contributed by atoms with van der Waals surface area (Å²) < 4.78 is 5.58. The maximum atomic E-state index is 6.01. The maximum Gasteiger partial charge on any atom is 0.221 e. The van der Waals surface area contributed by atoms with Gasteiger partial charge in [-0.1, -0.05) is 51.2 Å². The molecular weight excluding hydrogens is 360 g/mol. The molecule has 0 aliphatic heterocycles. The van der Waals surface area contributed by atoms with E-state index in [1.165, 1.54) is 17.3 Å². The van der Waals surface area contributed by atoms with E-state index in [4.69, 9.17) is 16.2 Å². The summed E-state index contributed by atoms with van der Waals surface area (Å²) >= 11 is 1.53. The first-order chi connectivity index (χ1) is 12.1. The van der Waals surface area contributed by atoms with Gasteiger partial charge in [-0.05, 0) is 23.6 Å². The predicted octanol–water partition coefficient (Wildman–Crippen LogP) is 4.15. The third-order valence-electron chi connectivity index (χ3n) is 3.55. The van der Waals surface area contributed by atoms with E-state index in [1.54, 1.807) is 13.3 Å². The van der Waals surface area contributed by atoms with Crippen molar-refractivity contribution in [2.24, 2.45) is 0 Å². The lowest BCUT2D eigenvalue weighted by Crippen LogP contribution is -2.16. The Labute approximate surface area is 161 Å². The minimum atomic E-state index is -1.50. The molecule has 0 aliphatic carbocycles. The molecule has 0 atom stereocenters. The molecule has 0 spiro atoms. The molecule has 0 bridgehead atoms. The zero-order chi connectivity index (χ0) is 19.5. The van der Waals surface area contributed by atoms with E-state index in [0.29, 0.717) is 11.7 Å². The van der Waals surface area contributed by atoms with Crippen LogP contribution in [0.1, 0.15) is 30.9 Å². The van der Waals surface area contributed by atoms with E-state index < -0.39 is 8.07 Å². The Balaban J connectivity index is 2.56. The van der Waals surface area contributed by atoms with Gasteiger partial charge in [-0.15, -0.1) is 5.54 Å². The lowest BCUT2D eigenvalue weighted by atomic mass is 10.0. The van der Waals surface area contributed by atoms with Crippen LogP contribution in [0.15, 0.2) is 28.1 Å². The minimum Gasteiger partial charge on any atom is -0.495 e. The van der Waals surface area contributed by atoms with Gasteiger partial charge in [0.15, 0.2) is 0 Å². The molecule has 0 radical (unpaired) electrons. The van der Waals surface area contributed by atoms with Gasteiger partial charge in [0, 0.05) is 11.1 Å². The molecule has 0 saturated heterocycles. The van der Waals surface area contributed by atoms with Gasteiger partial charge in [0.1, 0.15) is 19.6 Å². The molecule has 0 amide bonds. The zero-order valence-electron chi connectivity index (χ0n) is 16.2. The SMILES string of the molecule is COc1cc(C(C)C)c(Sc2cnc(N)nc2N)cc1C#C[Si](C)(C)C. The molecule has 0 saturated carbocycles. The number of hydrogen-bond donors (Lipinski definition) is 2. The third kappa shape index (κ3) is 5.16. The van der Waals surface area contributed by atoms with Crippen LogP contribution in [0.25, 0.3) is 0 Å². The topological polar surface area (TPSA) is 87.0 Å². The van der Waals surface area contributed by atoms with Gasteiger partial charge in [-0.2, -0.15) is 4.98 Å². The lowest BCUT2D eigenvalue weighted by Gasteiger charge is -2.16. The van der Waals surface area contributed by atoms with E-state index in [9.17, 15) is 0 Å². The summed E-state index contributed by atoms with van der Waals surface area (Å²) in [5.41, 5.74) is 17.1. The van der Waals surface area contributed by atoms with Crippen molar-refractivity contribution in [2.45, 2.75) is 49.2 Å². The third-order valence-corrected chi connectivity index (χ3v) is 5.53. The average molecular weight is 387 g/mol. The summed E-state index contributed by atoms with van der Waals surface area (Å²) in [5.74, 6) is 4.98. The number of ether oxygens (including phenoxy) is 1. The van der Waals surface area contributed by atoms with Crippen LogP contribution >= 0.6 is 11.8 Å². The highest BCUT2D eigenvalue weighted by molar-refractivity contribution is 7.99. The van der Waals surface area contributed by atoms with Gasteiger partial charge in [0.05, 0.1) is 17.6 Å². The van der Waals surface area contributed by atoms with Crippen LogP contribution in [-0.4, -0.2) is 25.2 Å². The highest BCUT2D eigenvalue weighted by Gasteiger charge is 2.16. The van der Waals surface area contributed by atoms with Crippen LogP contribution in [0.4, 0.5) is 11.8 Å². The summed E-state index contributed by atoms with van der Waals surface area (Å²) in [5, 5.41) is 0. The van der Waals surface area contributed by atoms with Crippen molar-refractivity contribution in [1.29, 1.82) is 0 Å². The number of anilines is 2. The fourth-order valence-electron chi connectivity index (χ4n) is 2.23. The number of nitrogen functional groups attached to an aromatic ring is 2. The van der Waals surface area contributed by atoms with Crippen molar-refractivity contribution in [3.05, 3.63) is 29.5 Å². The Kier molecular flexibility index (Phi) is 6.21. The second-order valence-electron chi connectivity index (χ2n) is 7.32. The first-order valence-electron chi connectivity index (χ1n) is 8.41. The van der Waals surface area contributed by atoms with Crippen LogP contribution in [0.3, 0.4) is 0 Å². The molecule has 2 rings (SSSR count). The summed E-state index contributed by atoms with van der Waals surface area (Å²) in [7, 11) is 0.183. The number of benzene rings is 1. The number of nitrogens with zero attached hydrogens (tertiary/aromatic N) is 2. The van der Waals surface area contributed by atoms with E-state index >= 15 is 0 Å². The fourth-order valence-corrected chi connectivity index (χ4v) is 3.82. The first kappa shape index (κ1) is 20.1. The molecule has 5 nitrogen and oxygen atoms in total. The summed E-state index contributed by atoms with van der Waals surface area (Å²) in [4.78, 5) is 9.94. The molecule has 2 aromatic rings. The standard InChI is InChI=1S/C19H26N4OSSi/c1-12(2)14-10-15(24-3)13(7-8-26(4,5)6)9-16(14)25-17-11-22-19(21)23-18(17)20/h9-12H,1-6H3,(H4,20,21,22,23). The van der Waals surface area contributed by atoms with Crippen LogP contribution in [-0.2, 0) is 0 Å². The second-order valence-corrected chi connectivity index (χ2v) is 13.2. The Morgan fingerprint density at radius 2 is 1.85 bits per heavy atom. The van der Waals surface area contributed by atoms with Crippen molar-refractivity contribution >= 4 is 31.6 Å². The predicted molar refractivity (Wildman–Crippen MR) is 112 cm³/mol. The van der Waals surface area contributed by atoms with Gasteiger partial charge in [-0.3, -0.25) is 0 Å². The average Bonchev–Trinajstić information content (AvgIpc) is 2.54. The number of nitrogens with two attached hydrogens (primary N) is 2.